The summed E-state index contributed by atoms with van der Waals surface area (Å²) in [6, 6.07) is 16.1. The highest BCUT2D eigenvalue weighted by atomic mass is 16.1. The van der Waals surface area contributed by atoms with Gasteiger partial charge in [0, 0.05) is 54.9 Å². The SMILES string of the molecule is C=CC(=O)Nc1cccc(C2=CC=C/C(=C/N=C)C2=Nc2ccc(N3CCN(C)CC3)cc2)c1. The Morgan fingerprint density at radius 1 is 1.09 bits per heavy atom. The van der Waals surface area contributed by atoms with Gasteiger partial charge in [-0.15, -0.1) is 0 Å². The first-order valence-electron chi connectivity index (χ1n) is 11.3. The number of allylic oxidation sites excluding steroid dienone is 5. The van der Waals surface area contributed by atoms with Crippen LogP contribution in [0.3, 0.4) is 0 Å². The zero-order chi connectivity index (χ0) is 23.9. The Morgan fingerprint density at radius 2 is 1.85 bits per heavy atom. The number of rotatable bonds is 6. The summed E-state index contributed by atoms with van der Waals surface area (Å²) in [6.45, 7) is 11.3. The lowest BCUT2D eigenvalue weighted by Crippen LogP contribution is -2.44. The third kappa shape index (κ3) is 5.47. The van der Waals surface area contributed by atoms with Crippen molar-refractivity contribution in [2.24, 2.45) is 9.98 Å². The predicted octanol–water partition coefficient (Wildman–Crippen LogP) is 4.87. The summed E-state index contributed by atoms with van der Waals surface area (Å²) in [5.41, 5.74) is 6.32. The second-order valence-electron chi connectivity index (χ2n) is 8.25. The monoisotopic (exact) mass is 451 g/mol. The average molecular weight is 452 g/mol. The molecule has 4 rings (SSSR count). The molecule has 6 nitrogen and oxygen atoms in total. The molecular weight excluding hydrogens is 422 g/mol. The molecule has 2 aromatic carbocycles. The molecule has 2 aromatic rings. The van der Waals surface area contributed by atoms with Crippen molar-refractivity contribution in [2.45, 2.75) is 0 Å². The third-order valence-corrected chi connectivity index (χ3v) is 5.88. The highest BCUT2D eigenvalue weighted by Crippen LogP contribution is 2.30. The average Bonchev–Trinajstić information content (AvgIpc) is 2.86. The number of carbonyl (C=O) groups excluding carboxylic acids is 1. The van der Waals surface area contributed by atoms with E-state index >= 15 is 0 Å². The minimum absolute atomic E-state index is 0.250. The first-order chi connectivity index (χ1) is 16.6. The number of hydrogen-bond acceptors (Lipinski definition) is 5. The van der Waals surface area contributed by atoms with Crippen molar-refractivity contribution in [3.05, 3.63) is 96.8 Å². The van der Waals surface area contributed by atoms with Crippen molar-refractivity contribution in [2.75, 3.05) is 43.4 Å². The summed E-state index contributed by atoms with van der Waals surface area (Å²) in [5.74, 6) is -0.250. The summed E-state index contributed by atoms with van der Waals surface area (Å²) in [5, 5.41) is 2.82. The van der Waals surface area contributed by atoms with Gasteiger partial charge in [-0.3, -0.25) is 9.79 Å². The molecule has 6 heteroatoms. The van der Waals surface area contributed by atoms with E-state index < -0.39 is 0 Å². The first-order valence-corrected chi connectivity index (χ1v) is 11.3. The van der Waals surface area contributed by atoms with Gasteiger partial charge in [0.15, 0.2) is 0 Å². The van der Waals surface area contributed by atoms with Crippen LogP contribution in [-0.2, 0) is 4.79 Å². The molecule has 0 atom stereocenters. The van der Waals surface area contributed by atoms with Gasteiger partial charge in [0.2, 0.25) is 5.91 Å². The normalized spacial score (nSPS) is 18.6. The molecule has 1 aliphatic carbocycles. The molecule has 1 heterocycles. The van der Waals surface area contributed by atoms with E-state index in [1.54, 1.807) is 6.20 Å². The fraction of sp³-hybridized carbons (Fsp3) is 0.179. The standard InChI is InChI=1S/C28H29N5O/c1-4-27(34)30-24-9-5-7-21(19-24)26-10-6-8-22(20-29-2)28(26)31-23-11-13-25(14-12-23)33-17-15-32(3)16-18-33/h4-14,19-20H,1-2,15-18H2,3H3,(H,30,34)/b22-20-,31-28?. The van der Waals surface area contributed by atoms with Crippen molar-refractivity contribution in [1.82, 2.24) is 4.90 Å². The fourth-order valence-corrected chi connectivity index (χ4v) is 4.01. The van der Waals surface area contributed by atoms with E-state index in [9.17, 15) is 4.79 Å². The summed E-state index contributed by atoms with van der Waals surface area (Å²) >= 11 is 0. The number of hydrogen-bond donors (Lipinski definition) is 1. The van der Waals surface area contributed by atoms with Crippen LogP contribution < -0.4 is 10.2 Å². The molecule has 1 fully saturated rings. The number of aliphatic imine (C=N–C) groups is 2. The Hall–Kier alpha value is -4.03. The maximum Gasteiger partial charge on any atom is 0.247 e. The lowest BCUT2D eigenvalue weighted by atomic mass is 9.91. The molecule has 1 N–H and O–H groups in total. The number of likely N-dealkylation sites (N-methyl/N-ethyl adjacent to an activating group) is 1. The maximum absolute atomic E-state index is 11.8. The van der Waals surface area contributed by atoms with Crippen LogP contribution in [0, 0.1) is 0 Å². The topological polar surface area (TPSA) is 60.3 Å². The van der Waals surface area contributed by atoms with Crippen LogP contribution >= 0.6 is 0 Å². The van der Waals surface area contributed by atoms with Gasteiger partial charge in [-0.25, -0.2) is 4.99 Å². The summed E-state index contributed by atoms with van der Waals surface area (Å²) in [4.78, 5) is 25.5. The first kappa shape index (κ1) is 23.1. The van der Waals surface area contributed by atoms with Crippen molar-refractivity contribution in [1.29, 1.82) is 0 Å². The second kappa shape index (κ2) is 10.7. The molecule has 0 spiro atoms. The highest BCUT2D eigenvalue weighted by Gasteiger charge is 2.18. The van der Waals surface area contributed by atoms with Gasteiger partial charge in [-0.1, -0.05) is 36.9 Å². The highest BCUT2D eigenvalue weighted by molar-refractivity contribution is 6.34. The Morgan fingerprint density at radius 3 is 2.56 bits per heavy atom. The predicted molar refractivity (Wildman–Crippen MR) is 143 cm³/mol. The van der Waals surface area contributed by atoms with Crippen molar-refractivity contribution in [3.63, 3.8) is 0 Å². The van der Waals surface area contributed by atoms with Gasteiger partial charge >= 0.3 is 0 Å². The molecule has 0 bridgehead atoms. The zero-order valence-corrected chi connectivity index (χ0v) is 19.4. The van der Waals surface area contributed by atoms with E-state index in [2.05, 4.69) is 64.7 Å². The molecule has 34 heavy (non-hydrogen) atoms. The van der Waals surface area contributed by atoms with Crippen molar-refractivity contribution >= 4 is 41.0 Å². The molecule has 0 saturated carbocycles. The number of amides is 1. The third-order valence-electron chi connectivity index (χ3n) is 5.88. The minimum Gasteiger partial charge on any atom is -0.369 e. The maximum atomic E-state index is 11.8. The van der Waals surface area contributed by atoms with Crippen LogP contribution in [0.4, 0.5) is 17.1 Å². The van der Waals surface area contributed by atoms with Gasteiger partial charge in [0.1, 0.15) is 0 Å². The molecule has 0 unspecified atom stereocenters. The van der Waals surface area contributed by atoms with E-state index in [-0.39, 0.29) is 5.91 Å². The quantitative estimate of drug-likeness (QED) is 0.503. The van der Waals surface area contributed by atoms with Crippen LogP contribution in [0.25, 0.3) is 5.57 Å². The number of benzene rings is 2. The van der Waals surface area contributed by atoms with Crippen molar-refractivity contribution < 1.29 is 4.79 Å². The summed E-state index contributed by atoms with van der Waals surface area (Å²) in [7, 11) is 2.16. The lowest BCUT2D eigenvalue weighted by Gasteiger charge is -2.34. The number of nitrogens with zero attached hydrogens (tertiary/aromatic N) is 4. The fourth-order valence-electron chi connectivity index (χ4n) is 4.01. The molecular formula is C28H29N5O. The Kier molecular flexibility index (Phi) is 7.30. The number of piperazine rings is 1. The molecule has 2 aliphatic rings. The molecule has 0 aromatic heterocycles. The lowest BCUT2D eigenvalue weighted by molar-refractivity contribution is -0.111. The van der Waals surface area contributed by atoms with Crippen LogP contribution in [0.2, 0.25) is 0 Å². The molecule has 172 valence electrons. The zero-order valence-electron chi connectivity index (χ0n) is 19.4. The van der Waals surface area contributed by atoms with Crippen LogP contribution in [0.5, 0.6) is 0 Å². The van der Waals surface area contributed by atoms with Gasteiger partial charge in [0.05, 0.1) is 11.4 Å². The molecule has 1 amide bonds. The van der Waals surface area contributed by atoms with E-state index in [1.165, 1.54) is 11.8 Å². The van der Waals surface area contributed by atoms with E-state index in [4.69, 9.17) is 4.99 Å². The summed E-state index contributed by atoms with van der Waals surface area (Å²) in [6.07, 6.45) is 8.93. The van der Waals surface area contributed by atoms with Crippen LogP contribution in [0.15, 0.2) is 101 Å². The van der Waals surface area contributed by atoms with Crippen LogP contribution in [0.1, 0.15) is 5.56 Å². The van der Waals surface area contributed by atoms with E-state index in [1.807, 2.05) is 42.5 Å². The minimum atomic E-state index is -0.250. The van der Waals surface area contributed by atoms with Crippen LogP contribution in [-0.4, -0.2) is 56.5 Å². The Balaban J connectivity index is 1.65. The van der Waals surface area contributed by atoms with Gasteiger partial charge in [-0.2, -0.15) is 0 Å². The van der Waals surface area contributed by atoms with E-state index in [0.717, 1.165) is 54.3 Å². The number of nitrogens with one attached hydrogen (secondary N) is 1. The van der Waals surface area contributed by atoms with E-state index in [0.29, 0.717) is 5.69 Å². The van der Waals surface area contributed by atoms with Crippen molar-refractivity contribution in [3.8, 4) is 0 Å². The summed E-state index contributed by atoms with van der Waals surface area (Å²) < 4.78 is 0. The number of anilines is 2. The Bertz CT molecular complexity index is 1200. The molecule has 1 aliphatic heterocycles. The Labute approximate surface area is 201 Å². The second-order valence-corrected chi connectivity index (χ2v) is 8.25. The number of carbonyl (C=O) groups is 1. The molecule has 0 radical (unpaired) electrons. The molecule has 1 saturated heterocycles. The van der Waals surface area contributed by atoms with Gasteiger partial charge in [-0.05, 0) is 61.8 Å². The smallest absolute Gasteiger partial charge is 0.247 e. The van der Waals surface area contributed by atoms with Gasteiger partial charge in [0.25, 0.3) is 0 Å². The largest absolute Gasteiger partial charge is 0.369 e. The van der Waals surface area contributed by atoms with Gasteiger partial charge < -0.3 is 15.1 Å².